The molecular weight excluding hydrogens is 216 g/mol. The Labute approximate surface area is 101 Å². The molecule has 2 nitrogen and oxygen atoms in total. The number of H-pyrrole nitrogens is 1. The number of hydrogen-bond donors (Lipinski definition) is 2. The predicted molar refractivity (Wildman–Crippen MR) is 72.4 cm³/mol. The summed E-state index contributed by atoms with van der Waals surface area (Å²) in [7, 11) is 2.00. The lowest BCUT2D eigenvalue weighted by atomic mass is 10.0. The van der Waals surface area contributed by atoms with Crippen molar-refractivity contribution in [3.05, 3.63) is 30.0 Å². The summed E-state index contributed by atoms with van der Waals surface area (Å²) in [6.45, 7) is 3.27. The minimum atomic E-state index is 0.538. The molecule has 1 aromatic carbocycles. The lowest BCUT2D eigenvalue weighted by molar-refractivity contribution is 0.681. The predicted octanol–water partition coefficient (Wildman–Crippen LogP) is 3.21. The van der Waals surface area contributed by atoms with Crippen LogP contribution in [0, 0.1) is 0 Å². The average Bonchev–Trinajstić information content (AvgIpc) is 2.71. The van der Waals surface area contributed by atoms with Crippen molar-refractivity contribution < 1.29 is 0 Å². The summed E-state index contributed by atoms with van der Waals surface area (Å²) in [6, 6.07) is 6.60. The van der Waals surface area contributed by atoms with Crippen molar-refractivity contribution in [3.63, 3.8) is 0 Å². The highest BCUT2D eigenvalue weighted by Crippen LogP contribution is 2.28. The molecule has 0 spiro atoms. The number of aromatic amines is 1. The van der Waals surface area contributed by atoms with Crippen LogP contribution in [0.15, 0.2) is 29.3 Å². The molecule has 3 heteroatoms. The first-order valence-corrected chi connectivity index (χ1v) is 6.78. The van der Waals surface area contributed by atoms with E-state index < -0.39 is 0 Å². The van der Waals surface area contributed by atoms with Crippen LogP contribution < -0.4 is 5.32 Å². The highest BCUT2D eigenvalue weighted by molar-refractivity contribution is 7.98. The van der Waals surface area contributed by atoms with Crippen LogP contribution in [0.4, 0.5) is 0 Å². The standard InChI is InChI=1S/C13H18N2S/c1-9(7-14-2)12-8-15-13-5-4-10(16-3)6-11(12)13/h4-6,8-9,14-15H,7H2,1-3H3. The van der Waals surface area contributed by atoms with Crippen LogP contribution in [-0.4, -0.2) is 24.8 Å². The molecule has 0 aliphatic carbocycles. The molecular formula is C13H18N2S. The van der Waals surface area contributed by atoms with Gasteiger partial charge in [0, 0.05) is 28.5 Å². The average molecular weight is 234 g/mol. The minimum Gasteiger partial charge on any atom is -0.361 e. The van der Waals surface area contributed by atoms with Crippen LogP contribution in [0.25, 0.3) is 10.9 Å². The van der Waals surface area contributed by atoms with Gasteiger partial charge in [0.15, 0.2) is 0 Å². The summed E-state index contributed by atoms with van der Waals surface area (Å²) >= 11 is 1.79. The quantitative estimate of drug-likeness (QED) is 0.795. The Kier molecular flexibility index (Phi) is 3.56. The van der Waals surface area contributed by atoms with Crippen LogP contribution in [0.3, 0.4) is 0 Å². The molecule has 0 radical (unpaired) electrons. The first-order valence-electron chi connectivity index (χ1n) is 5.56. The van der Waals surface area contributed by atoms with Crippen LogP contribution in [0.2, 0.25) is 0 Å². The maximum absolute atomic E-state index is 3.34. The Morgan fingerprint density at radius 3 is 2.94 bits per heavy atom. The molecule has 0 aliphatic heterocycles. The van der Waals surface area contributed by atoms with Gasteiger partial charge in [0.2, 0.25) is 0 Å². The summed E-state index contributed by atoms with van der Waals surface area (Å²) in [5.74, 6) is 0.538. The van der Waals surface area contributed by atoms with Gasteiger partial charge in [0.05, 0.1) is 0 Å². The topological polar surface area (TPSA) is 27.8 Å². The van der Waals surface area contributed by atoms with Crippen molar-refractivity contribution in [2.75, 3.05) is 19.8 Å². The largest absolute Gasteiger partial charge is 0.361 e. The van der Waals surface area contributed by atoms with Gasteiger partial charge in [0.1, 0.15) is 0 Å². The first kappa shape index (κ1) is 11.6. The molecule has 1 unspecified atom stereocenters. The second-order valence-electron chi connectivity index (χ2n) is 4.11. The number of fused-ring (bicyclic) bond motifs is 1. The van der Waals surface area contributed by atoms with Gasteiger partial charge in [-0.3, -0.25) is 0 Å². The highest BCUT2D eigenvalue weighted by Gasteiger charge is 2.10. The number of thioether (sulfide) groups is 1. The summed E-state index contributed by atoms with van der Waals surface area (Å²) in [5, 5.41) is 4.59. The molecule has 0 bridgehead atoms. The lowest BCUT2D eigenvalue weighted by Crippen LogP contribution is -2.14. The van der Waals surface area contributed by atoms with Gasteiger partial charge in [-0.1, -0.05) is 6.92 Å². The highest BCUT2D eigenvalue weighted by atomic mass is 32.2. The third-order valence-corrected chi connectivity index (χ3v) is 3.69. The first-order chi connectivity index (χ1) is 7.76. The van der Waals surface area contributed by atoms with E-state index in [4.69, 9.17) is 0 Å². The van der Waals surface area contributed by atoms with E-state index in [1.54, 1.807) is 11.8 Å². The Hall–Kier alpha value is -0.930. The monoisotopic (exact) mass is 234 g/mol. The van der Waals surface area contributed by atoms with E-state index in [1.807, 2.05) is 7.05 Å². The molecule has 2 rings (SSSR count). The molecule has 0 aliphatic rings. The maximum atomic E-state index is 3.34. The summed E-state index contributed by atoms with van der Waals surface area (Å²) < 4.78 is 0. The lowest BCUT2D eigenvalue weighted by Gasteiger charge is -2.09. The zero-order chi connectivity index (χ0) is 11.5. The second-order valence-corrected chi connectivity index (χ2v) is 4.99. The fourth-order valence-corrected chi connectivity index (χ4v) is 2.51. The third kappa shape index (κ3) is 2.11. The van der Waals surface area contributed by atoms with Gasteiger partial charge in [-0.15, -0.1) is 11.8 Å². The van der Waals surface area contributed by atoms with Crippen LogP contribution in [0.5, 0.6) is 0 Å². The molecule has 1 heterocycles. The van der Waals surface area contributed by atoms with Gasteiger partial charge < -0.3 is 10.3 Å². The van der Waals surface area contributed by atoms with E-state index in [0.717, 1.165) is 6.54 Å². The molecule has 16 heavy (non-hydrogen) atoms. The van der Waals surface area contributed by atoms with Gasteiger partial charge in [-0.25, -0.2) is 0 Å². The van der Waals surface area contributed by atoms with Crippen molar-refractivity contribution in [2.45, 2.75) is 17.7 Å². The van der Waals surface area contributed by atoms with E-state index in [9.17, 15) is 0 Å². The minimum absolute atomic E-state index is 0.538. The summed E-state index contributed by atoms with van der Waals surface area (Å²) in [6.07, 6.45) is 4.25. The fraction of sp³-hybridized carbons (Fsp3) is 0.385. The van der Waals surface area contributed by atoms with E-state index in [-0.39, 0.29) is 0 Å². The van der Waals surface area contributed by atoms with Crippen molar-refractivity contribution in [2.24, 2.45) is 0 Å². The van der Waals surface area contributed by atoms with Gasteiger partial charge in [-0.2, -0.15) is 0 Å². The SMILES string of the molecule is CNCC(C)c1c[nH]c2ccc(SC)cc12. The van der Waals surface area contributed by atoms with Gasteiger partial charge >= 0.3 is 0 Å². The second kappa shape index (κ2) is 4.93. The Bertz CT molecular complexity index is 476. The van der Waals surface area contributed by atoms with Gasteiger partial charge in [-0.05, 0) is 43.0 Å². The summed E-state index contributed by atoms with van der Waals surface area (Å²) in [5.41, 5.74) is 2.64. The Morgan fingerprint density at radius 2 is 2.25 bits per heavy atom. The number of likely N-dealkylation sites (N-methyl/N-ethyl adjacent to an activating group) is 1. The van der Waals surface area contributed by atoms with Crippen LogP contribution in [-0.2, 0) is 0 Å². The zero-order valence-corrected chi connectivity index (χ0v) is 10.8. The molecule has 86 valence electrons. The molecule has 0 fully saturated rings. The molecule has 0 saturated carbocycles. The Balaban J connectivity index is 2.45. The van der Waals surface area contributed by atoms with Gasteiger partial charge in [0.25, 0.3) is 0 Å². The number of hydrogen-bond acceptors (Lipinski definition) is 2. The fourth-order valence-electron chi connectivity index (χ4n) is 2.07. The number of aromatic nitrogens is 1. The normalized spacial score (nSPS) is 13.2. The molecule has 2 aromatic rings. The zero-order valence-electron chi connectivity index (χ0n) is 10.0. The van der Waals surface area contributed by atoms with Crippen molar-refractivity contribution in [1.82, 2.24) is 10.3 Å². The molecule has 2 N–H and O–H groups in total. The molecule has 0 amide bonds. The van der Waals surface area contributed by atoms with Crippen molar-refractivity contribution >= 4 is 22.7 Å². The maximum Gasteiger partial charge on any atom is 0.0457 e. The van der Waals surface area contributed by atoms with Crippen molar-refractivity contribution in [1.29, 1.82) is 0 Å². The number of rotatable bonds is 4. The number of nitrogens with one attached hydrogen (secondary N) is 2. The van der Waals surface area contributed by atoms with E-state index in [1.165, 1.54) is 21.4 Å². The number of benzene rings is 1. The Morgan fingerprint density at radius 1 is 1.44 bits per heavy atom. The van der Waals surface area contributed by atoms with Crippen LogP contribution >= 0.6 is 11.8 Å². The van der Waals surface area contributed by atoms with Crippen molar-refractivity contribution in [3.8, 4) is 0 Å². The molecule has 1 atom stereocenters. The van der Waals surface area contributed by atoms with Crippen LogP contribution in [0.1, 0.15) is 18.4 Å². The molecule has 0 saturated heterocycles. The van der Waals surface area contributed by atoms with E-state index in [2.05, 4.69) is 47.9 Å². The summed E-state index contributed by atoms with van der Waals surface area (Å²) in [4.78, 5) is 4.67. The van der Waals surface area contributed by atoms with E-state index >= 15 is 0 Å². The third-order valence-electron chi connectivity index (χ3n) is 2.96. The van der Waals surface area contributed by atoms with E-state index in [0.29, 0.717) is 5.92 Å². The molecule has 1 aromatic heterocycles. The smallest absolute Gasteiger partial charge is 0.0457 e.